The quantitative estimate of drug-likeness (QED) is 0.815. The molecule has 0 aliphatic rings. The zero-order chi connectivity index (χ0) is 13.1. The minimum atomic E-state index is -3.31. The van der Waals surface area contributed by atoms with Crippen molar-refractivity contribution in [2.75, 3.05) is 12.8 Å². The summed E-state index contributed by atoms with van der Waals surface area (Å²) in [5, 5.41) is 0. The number of nitrogens with zero attached hydrogens (tertiary/aromatic N) is 1. The molecule has 0 heterocycles. The van der Waals surface area contributed by atoms with Crippen LogP contribution >= 0.6 is 0 Å². The van der Waals surface area contributed by atoms with E-state index in [9.17, 15) is 12.8 Å². The van der Waals surface area contributed by atoms with Gasteiger partial charge in [-0.15, -0.1) is 0 Å². The Hall–Kier alpha value is -0.940. The Morgan fingerprint density at radius 3 is 2.47 bits per heavy atom. The first kappa shape index (κ1) is 14.1. The summed E-state index contributed by atoms with van der Waals surface area (Å²) < 4.78 is 38.5. The van der Waals surface area contributed by atoms with Gasteiger partial charge in [-0.3, -0.25) is 0 Å². The molecule has 0 aromatic heterocycles. The standard InChI is InChI=1S/C12H18FNO2S/c1-4-9-17(15,16)14(3)10(2)11-7-5-6-8-12(11)13/h5-8,10H,4,9H2,1-3H3. The van der Waals surface area contributed by atoms with Gasteiger partial charge in [-0.1, -0.05) is 25.1 Å². The lowest BCUT2D eigenvalue weighted by Crippen LogP contribution is -2.32. The van der Waals surface area contributed by atoms with Gasteiger partial charge in [0.1, 0.15) is 5.82 Å². The molecule has 1 unspecified atom stereocenters. The van der Waals surface area contributed by atoms with Crippen LogP contribution in [0.2, 0.25) is 0 Å². The van der Waals surface area contributed by atoms with Crippen molar-refractivity contribution in [3.8, 4) is 0 Å². The van der Waals surface area contributed by atoms with Crippen molar-refractivity contribution >= 4 is 10.0 Å². The molecule has 0 saturated carbocycles. The van der Waals surface area contributed by atoms with Crippen LogP contribution in [0.5, 0.6) is 0 Å². The van der Waals surface area contributed by atoms with Gasteiger partial charge < -0.3 is 0 Å². The van der Waals surface area contributed by atoms with Crippen LogP contribution in [0, 0.1) is 5.82 Å². The molecule has 0 saturated heterocycles. The Morgan fingerprint density at radius 1 is 1.35 bits per heavy atom. The predicted molar refractivity (Wildman–Crippen MR) is 66.7 cm³/mol. The van der Waals surface area contributed by atoms with Crippen molar-refractivity contribution < 1.29 is 12.8 Å². The average Bonchev–Trinajstić information content (AvgIpc) is 2.27. The predicted octanol–water partition coefficient (Wildman–Crippen LogP) is 2.56. The van der Waals surface area contributed by atoms with Crippen LogP contribution in [-0.4, -0.2) is 25.5 Å². The maximum absolute atomic E-state index is 13.6. The Bertz CT molecular complexity index is 473. The minimum absolute atomic E-state index is 0.0856. The van der Waals surface area contributed by atoms with E-state index in [1.807, 2.05) is 0 Å². The average molecular weight is 259 g/mol. The topological polar surface area (TPSA) is 37.4 Å². The molecule has 17 heavy (non-hydrogen) atoms. The van der Waals surface area contributed by atoms with E-state index in [-0.39, 0.29) is 11.6 Å². The fraction of sp³-hybridized carbons (Fsp3) is 0.500. The van der Waals surface area contributed by atoms with Gasteiger partial charge >= 0.3 is 0 Å². The Labute approximate surface area is 102 Å². The third-order valence-electron chi connectivity index (χ3n) is 2.80. The van der Waals surface area contributed by atoms with Gasteiger partial charge in [-0.25, -0.2) is 12.8 Å². The lowest BCUT2D eigenvalue weighted by molar-refractivity contribution is 0.387. The van der Waals surface area contributed by atoms with E-state index in [2.05, 4.69) is 0 Å². The summed E-state index contributed by atoms with van der Waals surface area (Å²) in [5.41, 5.74) is 0.398. The fourth-order valence-electron chi connectivity index (χ4n) is 1.65. The molecule has 0 amide bonds. The molecule has 5 heteroatoms. The van der Waals surface area contributed by atoms with Crippen molar-refractivity contribution in [1.82, 2.24) is 4.31 Å². The van der Waals surface area contributed by atoms with Crippen LogP contribution in [0.3, 0.4) is 0 Å². The number of hydrogen-bond donors (Lipinski definition) is 0. The summed E-state index contributed by atoms with van der Waals surface area (Å²) in [6.07, 6.45) is 0.552. The minimum Gasteiger partial charge on any atom is -0.212 e. The second-order valence-corrected chi connectivity index (χ2v) is 6.18. The molecule has 96 valence electrons. The van der Waals surface area contributed by atoms with Crippen LogP contribution in [0.25, 0.3) is 0 Å². The molecule has 1 atom stereocenters. The van der Waals surface area contributed by atoms with Crippen LogP contribution < -0.4 is 0 Å². The van der Waals surface area contributed by atoms with E-state index < -0.39 is 16.1 Å². The van der Waals surface area contributed by atoms with E-state index in [0.29, 0.717) is 12.0 Å². The Kier molecular flexibility index (Phi) is 4.65. The molecule has 3 nitrogen and oxygen atoms in total. The van der Waals surface area contributed by atoms with Crippen LogP contribution in [0.1, 0.15) is 31.9 Å². The molecule has 1 aromatic carbocycles. The number of hydrogen-bond acceptors (Lipinski definition) is 2. The lowest BCUT2D eigenvalue weighted by atomic mass is 10.1. The number of halogens is 1. The fourth-order valence-corrected chi connectivity index (χ4v) is 3.05. The van der Waals surface area contributed by atoms with E-state index in [1.165, 1.54) is 17.4 Å². The molecule has 0 fully saturated rings. The first-order valence-electron chi connectivity index (χ1n) is 5.60. The summed E-state index contributed by atoms with van der Waals surface area (Å²) in [4.78, 5) is 0. The van der Waals surface area contributed by atoms with Crippen molar-refractivity contribution in [2.24, 2.45) is 0 Å². The highest BCUT2D eigenvalue weighted by Crippen LogP contribution is 2.24. The van der Waals surface area contributed by atoms with Gasteiger partial charge in [0.05, 0.1) is 5.75 Å². The first-order chi connectivity index (χ1) is 7.90. The van der Waals surface area contributed by atoms with Gasteiger partial charge in [0.2, 0.25) is 10.0 Å². The van der Waals surface area contributed by atoms with Gasteiger partial charge in [-0.2, -0.15) is 4.31 Å². The molecular weight excluding hydrogens is 241 g/mol. The second kappa shape index (κ2) is 5.60. The van der Waals surface area contributed by atoms with Gasteiger partial charge in [0, 0.05) is 18.7 Å². The van der Waals surface area contributed by atoms with E-state index >= 15 is 0 Å². The smallest absolute Gasteiger partial charge is 0.212 e. The number of sulfonamides is 1. The van der Waals surface area contributed by atoms with E-state index in [4.69, 9.17) is 0 Å². The zero-order valence-electron chi connectivity index (χ0n) is 10.4. The lowest BCUT2D eigenvalue weighted by Gasteiger charge is -2.24. The van der Waals surface area contributed by atoms with Crippen molar-refractivity contribution in [2.45, 2.75) is 26.3 Å². The molecule has 0 aliphatic heterocycles. The summed E-state index contributed by atoms with van der Waals surface area (Å²) in [6, 6.07) is 5.75. The van der Waals surface area contributed by atoms with Gasteiger partial charge in [-0.05, 0) is 19.4 Å². The normalized spacial score (nSPS) is 13.9. The summed E-state index contributed by atoms with van der Waals surface area (Å²) >= 11 is 0. The monoisotopic (exact) mass is 259 g/mol. The largest absolute Gasteiger partial charge is 0.214 e. The molecule has 0 spiro atoms. The highest BCUT2D eigenvalue weighted by Gasteiger charge is 2.24. The molecule has 0 bridgehead atoms. The molecule has 0 N–H and O–H groups in total. The maximum atomic E-state index is 13.6. The van der Waals surface area contributed by atoms with E-state index in [0.717, 1.165) is 0 Å². The van der Waals surface area contributed by atoms with Crippen LogP contribution in [0.15, 0.2) is 24.3 Å². The Balaban J connectivity index is 2.99. The maximum Gasteiger partial charge on any atom is 0.214 e. The van der Waals surface area contributed by atoms with Gasteiger partial charge in [0.25, 0.3) is 0 Å². The number of rotatable bonds is 5. The molecule has 1 aromatic rings. The summed E-state index contributed by atoms with van der Waals surface area (Å²) in [5.74, 6) is -0.291. The van der Waals surface area contributed by atoms with Crippen LogP contribution in [-0.2, 0) is 10.0 Å². The van der Waals surface area contributed by atoms with Crippen LogP contribution in [0.4, 0.5) is 4.39 Å². The summed E-state index contributed by atoms with van der Waals surface area (Å²) in [7, 11) is -1.82. The Morgan fingerprint density at radius 2 is 1.94 bits per heavy atom. The SMILES string of the molecule is CCCS(=O)(=O)N(C)C(C)c1ccccc1F. The van der Waals surface area contributed by atoms with Crippen molar-refractivity contribution in [3.05, 3.63) is 35.6 Å². The van der Waals surface area contributed by atoms with Gasteiger partial charge in [0.15, 0.2) is 0 Å². The molecule has 0 radical (unpaired) electrons. The molecule has 0 aliphatic carbocycles. The third kappa shape index (κ3) is 3.26. The van der Waals surface area contributed by atoms with Crippen molar-refractivity contribution in [1.29, 1.82) is 0 Å². The van der Waals surface area contributed by atoms with E-state index in [1.54, 1.807) is 32.0 Å². The van der Waals surface area contributed by atoms with Crippen molar-refractivity contribution in [3.63, 3.8) is 0 Å². The number of benzene rings is 1. The second-order valence-electron chi connectivity index (χ2n) is 4.03. The first-order valence-corrected chi connectivity index (χ1v) is 7.21. The third-order valence-corrected chi connectivity index (χ3v) is 4.92. The molecule has 1 rings (SSSR count). The zero-order valence-corrected chi connectivity index (χ0v) is 11.2. The highest BCUT2D eigenvalue weighted by atomic mass is 32.2. The highest BCUT2D eigenvalue weighted by molar-refractivity contribution is 7.89. The molecular formula is C12H18FNO2S. The summed E-state index contributed by atoms with van der Waals surface area (Å²) in [6.45, 7) is 3.49.